The first kappa shape index (κ1) is 23.6. The fourth-order valence-electron chi connectivity index (χ4n) is 3.25. The van der Waals surface area contributed by atoms with Gasteiger partial charge in [0, 0.05) is 11.6 Å². The Bertz CT molecular complexity index is 1150. The van der Waals surface area contributed by atoms with Crippen LogP contribution in [-0.2, 0) is 21.2 Å². The van der Waals surface area contributed by atoms with Gasteiger partial charge in [-0.15, -0.1) is 0 Å². The van der Waals surface area contributed by atoms with Crippen LogP contribution in [0.1, 0.15) is 12.0 Å². The van der Waals surface area contributed by atoms with Crippen molar-refractivity contribution in [1.29, 1.82) is 0 Å². The highest BCUT2D eigenvalue weighted by molar-refractivity contribution is 7.92. The van der Waals surface area contributed by atoms with Crippen LogP contribution in [0.15, 0.2) is 83.8 Å². The summed E-state index contributed by atoms with van der Waals surface area (Å²) in [5.74, 6) is -0.0481. The fraction of sp³-hybridized carbons (Fsp3) is 0.208. The Hall–Kier alpha value is -3.03. The number of para-hydroxylation sites is 2. The Morgan fingerprint density at radius 3 is 2.34 bits per heavy atom. The van der Waals surface area contributed by atoms with E-state index in [0.29, 0.717) is 35.8 Å². The molecule has 0 radical (unpaired) electrons. The molecule has 168 valence electrons. The molecule has 1 amide bonds. The first-order valence-corrected chi connectivity index (χ1v) is 12.0. The molecule has 8 heteroatoms. The minimum absolute atomic E-state index is 0.0948. The Balaban J connectivity index is 1.74. The second kappa shape index (κ2) is 11.0. The molecule has 32 heavy (non-hydrogen) atoms. The standard InChI is InChI=1S/C24H25ClN2O4S/c1-31-23-16-8-7-15-22(23)27(32(29,30)20-12-3-2-4-13-20)18-24(28)26-17-9-11-19-10-5-6-14-21(19)25/h2-8,10,12-16H,9,11,17-18H2,1H3,(H,26,28). The number of anilines is 1. The van der Waals surface area contributed by atoms with Gasteiger partial charge < -0.3 is 10.1 Å². The van der Waals surface area contributed by atoms with Crippen molar-refractivity contribution in [3.05, 3.63) is 89.4 Å². The van der Waals surface area contributed by atoms with E-state index in [9.17, 15) is 13.2 Å². The van der Waals surface area contributed by atoms with Crippen LogP contribution in [0.3, 0.4) is 0 Å². The Morgan fingerprint density at radius 1 is 0.969 bits per heavy atom. The SMILES string of the molecule is COc1ccccc1N(CC(=O)NCCCc1ccccc1Cl)S(=O)(=O)c1ccccc1. The number of hydrogen-bond acceptors (Lipinski definition) is 4. The smallest absolute Gasteiger partial charge is 0.264 e. The first-order chi connectivity index (χ1) is 15.4. The number of hydrogen-bond donors (Lipinski definition) is 1. The van der Waals surface area contributed by atoms with Gasteiger partial charge in [0.05, 0.1) is 17.7 Å². The van der Waals surface area contributed by atoms with E-state index in [-0.39, 0.29) is 11.4 Å². The third kappa shape index (κ3) is 5.81. The number of carbonyl (C=O) groups is 1. The molecule has 3 aromatic carbocycles. The lowest BCUT2D eigenvalue weighted by Crippen LogP contribution is -2.41. The van der Waals surface area contributed by atoms with Crippen molar-refractivity contribution in [3.8, 4) is 5.75 Å². The number of ether oxygens (including phenoxy) is 1. The highest BCUT2D eigenvalue weighted by atomic mass is 35.5. The van der Waals surface area contributed by atoms with Gasteiger partial charge in [-0.2, -0.15) is 0 Å². The van der Waals surface area contributed by atoms with E-state index in [0.717, 1.165) is 9.87 Å². The number of benzene rings is 3. The molecular weight excluding hydrogens is 448 g/mol. The summed E-state index contributed by atoms with van der Waals surface area (Å²) in [4.78, 5) is 12.8. The summed E-state index contributed by atoms with van der Waals surface area (Å²) < 4.78 is 33.2. The minimum Gasteiger partial charge on any atom is -0.495 e. The molecule has 0 fully saturated rings. The van der Waals surface area contributed by atoms with Crippen molar-refractivity contribution in [3.63, 3.8) is 0 Å². The number of carbonyl (C=O) groups excluding carboxylic acids is 1. The Morgan fingerprint density at radius 2 is 1.62 bits per heavy atom. The van der Waals surface area contributed by atoms with Gasteiger partial charge in [-0.05, 0) is 48.7 Å². The predicted octanol–water partition coefficient (Wildman–Crippen LogP) is 4.29. The lowest BCUT2D eigenvalue weighted by Gasteiger charge is -2.25. The summed E-state index contributed by atoms with van der Waals surface area (Å²) in [6.45, 7) is 0.0267. The van der Waals surface area contributed by atoms with Crippen LogP contribution >= 0.6 is 11.6 Å². The highest BCUT2D eigenvalue weighted by Gasteiger charge is 2.29. The molecule has 0 aliphatic carbocycles. The van der Waals surface area contributed by atoms with E-state index >= 15 is 0 Å². The number of halogens is 1. The van der Waals surface area contributed by atoms with Gasteiger partial charge in [-0.25, -0.2) is 8.42 Å². The molecule has 6 nitrogen and oxygen atoms in total. The molecule has 3 rings (SSSR count). The Kier molecular flexibility index (Phi) is 8.14. The second-order valence-electron chi connectivity index (χ2n) is 7.04. The molecule has 0 aliphatic rings. The van der Waals surface area contributed by atoms with Gasteiger partial charge >= 0.3 is 0 Å². The quantitative estimate of drug-likeness (QED) is 0.446. The minimum atomic E-state index is -3.99. The molecule has 0 spiro atoms. The number of nitrogens with one attached hydrogen (secondary N) is 1. The summed E-state index contributed by atoms with van der Waals surface area (Å²) in [5.41, 5.74) is 1.30. The number of nitrogens with zero attached hydrogens (tertiary/aromatic N) is 1. The van der Waals surface area contributed by atoms with Crippen molar-refractivity contribution >= 4 is 33.2 Å². The van der Waals surface area contributed by atoms with Gasteiger partial charge in [0.2, 0.25) is 5.91 Å². The third-order valence-electron chi connectivity index (χ3n) is 4.88. The largest absolute Gasteiger partial charge is 0.495 e. The molecule has 0 saturated heterocycles. The molecular formula is C24H25ClN2O4S. The zero-order valence-electron chi connectivity index (χ0n) is 17.7. The molecule has 1 N–H and O–H groups in total. The average molecular weight is 473 g/mol. The number of aryl methyl sites for hydroxylation is 1. The molecule has 0 unspecified atom stereocenters. The summed E-state index contributed by atoms with van der Waals surface area (Å²) in [5, 5.41) is 3.49. The van der Waals surface area contributed by atoms with Gasteiger partial charge in [-0.1, -0.05) is 60.1 Å². The van der Waals surface area contributed by atoms with Crippen LogP contribution in [0.4, 0.5) is 5.69 Å². The molecule has 0 aliphatic heterocycles. The van der Waals surface area contributed by atoms with Crippen LogP contribution in [-0.4, -0.2) is 34.5 Å². The highest BCUT2D eigenvalue weighted by Crippen LogP contribution is 2.32. The van der Waals surface area contributed by atoms with E-state index in [1.165, 1.54) is 19.2 Å². The van der Waals surface area contributed by atoms with Crippen molar-refractivity contribution < 1.29 is 17.9 Å². The molecule has 0 aromatic heterocycles. The summed E-state index contributed by atoms with van der Waals surface area (Å²) in [7, 11) is -2.53. The molecule has 0 saturated carbocycles. The van der Waals surface area contributed by atoms with Crippen LogP contribution in [0.2, 0.25) is 5.02 Å². The lowest BCUT2D eigenvalue weighted by molar-refractivity contribution is -0.119. The number of rotatable bonds is 10. The molecule has 3 aromatic rings. The van der Waals surface area contributed by atoms with E-state index in [1.807, 2.05) is 24.3 Å². The first-order valence-electron chi connectivity index (χ1n) is 10.1. The molecule has 0 bridgehead atoms. The Labute approximate surface area is 193 Å². The monoisotopic (exact) mass is 472 g/mol. The van der Waals surface area contributed by atoms with Crippen molar-refractivity contribution in [2.24, 2.45) is 0 Å². The average Bonchev–Trinajstić information content (AvgIpc) is 2.82. The lowest BCUT2D eigenvalue weighted by atomic mass is 10.1. The van der Waals surface area contributed by atoms with Crippen LogP contribution < -0.4 is 14.4 Å². The number of sulfonamides is 1. The topological polar surface area (TPSA) is 75.7 Å². The van der Waals surface area contributed by atoms with E-state index in [4.69, 9.17) is 16.3 Å². The summed E-state index contributed by atoms with van der Waals surface area (Å²) >= 11 is 6.17. The van der Waals surface area contributed by atoms with Crippen molar-refractivity contribution in [1.82, 2.24) is 5.32 Å². The van der Waals surface area contributed by atoms with Crippen molar-refractivity contribution in [2.75, 3.05) is 24.5 Å². The number of methoxy groups -OCH3 is 1. The maximum Gasteiger partial charge on any atom is 0.264 e. The van der Waals surface area contributed by atoms with Crippen LogP contribution in [0.25, 0.3) is 0 Å². The molecule has 0 atom stereocenters. The zero-order chi connectivity index (χ0) is 23.0. The van der Waals surface area contributed by atoms with Gasteiger partial charge in [0.1, 0.15) is 12.3 Å². The number of amides is 1. The van der Waals surface area contributed by atoms with Crippen LogP contribution in [0, 0.1) is 0 Å². The van der Waals surface area contributed by atoms with Gasteiger partial charge in [0.25, 0.3) is 10.0 Å². The fourth-order valence-corrected chi connectivity index (χ4v) is 4.93. The normalized spacial score (nSPS) is 11.1. The van der Waals surface area contributed by atoms with E-state index < -0.39 is 15.9 Å². The van der Waals surface area contributed by atoms with Crippen molar-refractivity contribution in [2.45, 2.75) is 17.7 Å². The van der Waals surface area contributed by atoms with E-state index in [1.54, 1.807) is 42.5 Å². The van der Waals surface area contributed by atoms with E-state index in [2.05, 4.69) is 5.32 Å². The maximum atomic E-state index is 13.4. The van der Waals surface area contributed by atoms with Gasteiger partial charge in [0.15, 0.2) is 0 Å². The van der Waals surface area contributed by atoms with Crippen LogP contribution in [0.5, 0.6) is 5.75 Å². The maximum absolute atomic E-state index is 13.4. The van der Waals surface area contributed by atoms with Gasteiger partial charge in [-0.3, -0.25) is 9.10 Å². The molecule has 0 heterocycles. The summed E-state index contributed by atoms with van der Waals surface area (Å²) in [6.07, 6.45) is 1.38. The second-order valence-corrected chi connectivity index (χ2v) is 9.31. The predicted molar refractivity (Wildman–Crippen MR) is 127 cm³/mol. The zero-order valence-corrected chi connectivity index (χ0v) is 19.3. The summed E-state index contributed by atoms with van der Waals surface area (Å²) in [6, 6.07) is 22.3. The third-order valence-corrected chi connectivity index (χ3v) is 7.02.